The molecule has 0 atom stereocenters. The Balaban J connectivity index is 2.46. The molecular formula is C14H20BFO5S2. The molecule has 0 aromatic heterocycles. The van der Waals surface area contributed by atoms with E-state index in [9.17, 15) is 12.3 Å². The van der Waals surface area contributed by atoms with Gasteiger partial charge < -0.3 is 13.5 Å². The van der Waals surface area contributed by atoms with Crippen molar-refractivity contribution in [2.75, 3.05) is 0 Å². The molecule has 0 saturated carbocycles. The van der Waals surface area contributed by atoms with E-state index < -0.39 is 28.8 Å². The van der Waals surface area contributed by atoms with Crippen molar-refractivity contribution in [3.8, 4) is 5.75 Å². The van der Waals surface area contributed by atoms with Crippen molar-refractivity contribution in [2.24, 2.45) is 0 Å². The topological polar surface area (TPSA) is 61.8 Å². The Hall–Kier alpha value is -0.765. The van der Waals surface area contributed by atoms with Crippen LogP contribution in [0.4, 0.5) is 3.89 Å². The summed E-state index contributed by atoms with van der Waals surface area (Å²) in [5, 5.41) is 0. The fraction of sp³-hybridized carbons (Fsp3) is 0.571. The summed E-state index contributed by atoms with van der Waals surface area (Å²) >= 11 is 4.22. The minimum Gasteiger partial charge on any atom is -0.399 e. The highest BCUT2D eigenvalue weighted by molar-refractivity contribution is 7.81. The summed E-state index contributed by atoms with van der Waals surface area (Å²) in [5.74, 6) is 0.241. The normalized spacial score (nSPS) is 19.9. The van der Waals surface area contributed by atoms with Crippen molar-refractivity contribution in [3.63, 3.8) is 0 Å². The highest BCUT2D eigenvalue weighted by Gasteiger charge is 2.51. The molecule has 0 unspecified atom stereocenters. The third-order valence-electron chi connectivity index (χ3n) is 4.38. The summed E-state index contributed by atoms with van der Waals surface area (Å²) in [7, 11) is -5.82. The molecule has 0 spiro atoms. The molecule has 0 bridgehead atoms. The Labute approximate surface area is 142 Å². The maximum absolute atomic E-state index is 12.9. The van der Waals surface area contributed by atoms with Gasteiger partial charge in [0.05, 0.1) is 11.2 Å². The Kier molecular flexibility index (Phi) is 4.80. The summed E-state index contributed by atoms with van der Waals surface area (Å²) < 4.78 is 50.9. The predicted molar refractivity (Wildman–Crippen MR) is 90.2 cm³/mol. The minimum absolute atomic E-state index is 0.0937. The maximum atomic E-state index is 12.9. The lowest BCUT2D eigenvalue weighted by Crippen LogP contribution is -2.41. The maximum Gasteiger partial charge on any atom is 0.494 e. The van der Waals surface area contributed by atoms with Crippen molar-refractivity contribution in [3.05, 3.63) is 23.3 Å². The molecule has 128 valence electrons. The molecule has 1 fully saturated rings. The van der Waals surface area contributed by atoms with Crippen LogP contribution in [0.1, 0.15) is 38.8 Å². The number of halogens is 1. The summed E-state index contributed by atoms with van der Waals surface area (Å²) in [6.45, 7) is 9.27. The molecule has 1 aromatic rings. The van der Waals surface area contributed by atoms with Gasteiger partial charge in [-0.25, -0.2) is 0 Å². The number of rotatable bonds is 4. The first kappa shape index (κ1) is 18.6. The highest BCUT2D eigenvalue weighted by atomic mass is 32.3. The monoisotopic (exact) mass is 362 g/mol. The fourth-order valence-electron chi connectivity index (χ4n) is 2.24. The van der Waals surface area contributed by atoms with Crippen molar-refractivity contribution >= 4 is 35.7 Å². The number of hydrogen-bond acceptors (Lipinski definition) is 6. The van der Waals surface area contributed by atoms with E-state index in [2.05, 4.69) is 16.8 Å². The van der Waals surface area contributed by atoms with E-state index in [1.54, 1.807) is 13.0 Å². The van der Waals surface area contributed by atoms with Crippen LogP contribution in [0.15, 0.2) is 12.1 Å². The van der Waals surface area contributed by atoms with E-state index in [-0.39, 0.29) is 5.75 Å². The van der Waals surface area contributed by atoms with E-state index >= 15 is 0 Å². The number of benzene rings is 1. The molecule has 1 heterocycles. The molecule has 0 aliphatic carbocycles. The summed E-state index contributed by atoms with van der Waals surface area (Å²) in [6.07, 6.45) is 0. The quantitative estimate of drug-likeness (QED) is 0.506. The number of thiol groups is 1. The number of hydrogen-bond donors (Lipinski definition) is 1. The smallest absolute Gasteiger partial charge is 0.399 e. The second-order valence-corrected chi connectivity index (χ2v) is 7.80. The molecular weight excluding hydrogens is 342 g/mol. The second-order valence-electron chi connectivity index (χ2n) is 6.53. The van der Waals surface area contributed by atoms with Crippen LogP contribution >= 0.6 is 12.6 Å². The molecule has 0 amide bonds. The first-order valence-corrected chi connectivity index (χ1v) is 9.04. The minimum atomic E-state index is -5.12. The van der Waals surface area contributed by atoms with Crippen LogP contribution in [-0.2, 0) is 25.6 Å². The second kappa shape index (κ2) is 5.95. The molecule has 5 nitrogen and oxygen atoms in total. The lowest BCUT2D eigenvalue weighted by atomic mass is 9.77. The molecule has 9 heteroatoms. The Morgan fingerprint density at radius 3 is 2.17 bits per heavy atom. The van der Waals surface area contributed by atoms with Crippen molar-refractivity contribution in [1.82, 2.24) is 0 Å². The zero-order chi connectivity index (χ0) is 17.6. The summed E-state index contributed by atoms with van der Waals surface area (Å²) in [5.41, 5.74) is 0.672. The first-order valence-electron chi connectivity index (χ1n) is 7.10. The van der Waals surface area contributed by atoms with Gasteiger partial charge in [-0.15, -0.1) is 0 Å². The van der Waals surface area contributed by atoms with Crippen LogP contribution in [0, 0.1) is 6.92 Å². The van der Waals surface area contributed by atoms with E-state index in [1.807, 2.05) is 27.7 Å². The summed E-state index contributed by atoms with van der Waals surface area (Å²) in [6, 6.07) is 3.21. The largest absolute Gasteiger partial charge is 0.494 e. The molecule has 1 saturated heterocycles. The molecule has 1 aliphatic heterocycles. The summed E-state index contributed by atoms with van der Waals surface area (Å²) in [4.78, 5) is 0. The molecule has 1 aliphatic rings. The van der Waals surface area contributed by atoms with Gasteiger partial charge in [0.15, 0.2) is 0 Å². The molecule has 1 aromatic carbocycles. The molecule has 23 heavy (non-hydrogen) atoms. The zero-order valence-electron chi connectivity index (χ0n) is 13.7. The van der Waals surface area contributed by atoms with Crippen LogP contribution in [0.25, 0.3) is 0 Å². The lowest BCUT2D eigenvalue weighted by molar-refractivity contribution is 0.00578. The Morgan fingerprint density at radius 2 is 1.74 bits per heavy atom. The molecule has 2 rings (SSSR count). The van der Waals surface area contributed by atoms with Crippen LogP contribution in [0.5, 0.6) is 5.75 Å². The van der Waals surface area contributed by atoms with E-state index in [0.717, 1.165) is 0 Å². The Bertz CT molecular complexity index is 702. The van der Waals surface area contributed by atoms with Gasteiger partial charge in [-0.3, -0.25) is 0 Å². The van der Waals surface area contributed by atoms with Gasteiger partial charge in [-0.05, 0) is 57.3 Å². The standard InChI is InChI=1S/C14H20BFO5S2/c1-9-10(8-22)6-11(7-12(9)19-23(16,17)18)15-20-13(2,3)14(4,5)21-15/h6-7,22H,8H2,1-5H3. The SMILES string of the molecule is Cc1c(CS)cc(B2OC(C)(C)C(C)(C)O2)cc1OS(=O)(=O)F. The lowest BCUT2D eigenvalue weighted by Gasteiger charge is -2.32. The van der Waals surface area contributed by atoms with Crippen molar-refractivity contribution < 1.29 is 25.8 Å². The third kappa shape index (κ3) is 3.84. The first-order chi connectivity index (χ1) is 10.4. The van der Waals surface area contributed by atoms with Gasteiger partial charge in [0.25, 0.3) is 0 Å². The third-order valence-corrected chi connectivity index (χ3v) is 5.09. The van der Waals surface area contributed by atoms with Gasteiger partial charge in [-0.1, -0.05) is 9.95 Å². The Morgan fingerprint density at radius 1 is 1.22 bits per heavy atom. The van der Waals surface area contributed by atoms with Gasteiger partial charge in [0.2, 0.25) is 0 Å². The van der Waals surface area contributed by atoms with E-state index in [1.165, 1.54) is 6.07 Å². The van der Waals surface area contributed by atoms with Gasteiger partial charge in [-0.2, -0.15) is 21.0 Å². The molecule has 0 N–H and O–H groups in total. The van der Waals surface area contributed by atoms with Crippen LogP contribution < -0.4 is 9.65 Å². The van der Waals surface area contributed by atoms with E-state index in [0.29, 0.717) is 22.3 Å². The molecule has 0 radical (unpaired) electrons. The predicted octanol–water partition coefficient (Wildman–Crippen LogP) is 2.32. The fourth-order valence-corrected chi connectivity index (χ4v) is 2.96. The van der Waals surface area contributed by atoms with Crippen LogP contribution in [0.2, 0.25) is 0 Å². The van der Waals surface area contributed by atoms with Crippen LogP contribution in [0.3, 0.4) is 0 Å². The van der Waals surface area contributed by atoms with Crippen LogP contribution in [-0.4, -0.2) is 26.7 Å². The average Bonchev–Trinajstić information content (AvgIpc) is 2.59. The van der Waals surface area contributed by atoms with Gasteiger partial charge in [0.1, 0.15) is 5.75 Å². The highest BCUT2D eigenvalue weighted by Crippen LogP contribution is 2.37. The van der Waals surface area contributed by atoms with Crippen molar-refractivity contribution in [1.29, 1.82) is 0 Å². The van der Waals surface area contributed by atoms with E-state index in [4.69, 9.17) is 9.31 Å². The average molecular weight is 362 g/mol. The van der Waals surface area contributed by atoms with Crippen molar-refractivity contribution in [2.45, 2.75) is 51.6 Å². The van der Waals surface area contributed by atoms with Gasteiger partial charge >= 0.3 is 17.6 Å². The van der Waals surface area contributed by atoms with Gasteiger partial charge in [0, 0.05) is 5.75 Å². The zero-order valence-corrected chi connectivity index (χ0v) is 15.4.